The first-order valence-electron chi connectivity index (χ1n) is 9.75. The maximum absolute atomic E-state index is 12.2. The van der Waals surface area contributed by atoms with E-state index in [0.29, 0.717) is 12.1 Å². The Balaban J connectivity index is 1.41. The van der Waals surface area contributed by atoms with Crippen molar-refractivity contribution in [3.05, 3.63) is 47.8 Å². The summed E-state index contributed by atoms with van der Waals surface area (Å²) in [5.74, 6) is 0.802. The predicted octanol–water partition coefficient (Wildman–Crippen LogP) is 3.41. The summed E-state index contributed by atoms with van der Waals surface area (Å²) in [5, 5.41) is 5.38. The van der Waals surface area contributed by atoms with Crippen LogP contribution < -0.4 is 20.3 Å². The van der Waals surface area contributed by atoms with Gasteiger partial charge in [0.05, 0.1) is 0 Å². The number of piperidine rings is 1. The van der Waals surface area contributed by atoms with E-state index in [2.05, 4.69) is 30.2 Å². The summed E-state index contributed by atoms with van der Waals surface area (Å²) < 4.78 is 41.2. The van der Waals surface area contributed by atoms with Gasteiger partial charge in [-0.2, -0.15) is 13.2 Å². The quantitative estimate of drug-likeness (QED) is 0.714. The van der Waals surface area contributed by atoms with Gasteiger partial charge in [-0.3, -0.25) is 0 Å². The van der Waals surface area contributed by atoms with E-state index in [1.165, 1.54) is 31.5 Å². The van der Waals surface area contributed by atoms with Gasteiger partial charge in [-0.25, -0.2) is 14.8 Å². The molecule has 162 valence electrons. The molecule has 1 saturated heterocycles. The van der Waals surface area contributed by atoms with Gasteiger partial charge >= 0.3 is 12.2 Å². The lowest BCUT2D eigenvalue weighted by molar-refractivity contribution is -0.154. The first kappa shape index (κ1) is 21.7. The lowest BCUT2D eigenvalue weighted by Gasteiger charge is -2.27. The van der Waals surface area contributed by atoms with Crippen LogP contribution in [0.5, 0.6) is 5.88 Å². The minimum atomic E-state index is -4.43. The summed E-state index contributed by atoms with van der Waals surface area (Å²) in [4.78, 5) is 22.5. The van der Waals surface area contributed by atoms with Crippen molar-refractivity contribution in [3.63, 3.8) is 0 Å². The van der Waals surface area contributed by atoms with Crippen molar-refractivity contribution in [2.24, 2.45) is 0 Å². The molecule has 3 heterocycles. The number of hydrogen-bond donors (Lipinski definition) is 2. The molecular formula is C20H24F3N5O2. The van der Waals surface area contributed by atoms with Gasteiger partial charge in [0, 0.05) is 44.6 Å². The molecule has 0 unspecified atom stereocenters. The zero-order valence-corrected chi connectivity index (χ0v) is 16.4. The maximum Gasteiger partial charge on any atom is 0.422 e. The molecule has 1 aliphatic rings. The second kappa shape index (κ2) is 10.1. The van der Waals surface area contributed by atoms with Gasteiger partial charge in [0.1, 0.15) is 5.82 Å². The zero-order valence-electron chi connectivity index (χ0n) is 16.4. The second-order valence-electron chi connectivity index (χ2n) is 7.01. The largest absolute Gasteiger partial charge is 0.468 e. The van der Waals surface area contributed by atoms with Crippen molar-refractivity contribution in [2.75, 3.05) is 24.6 Å². The molecule has 0 aliphatic carbocycles. The maximum atomic E-state index is 12.2. The van der Waals surface area contributed by atoms with E-state index in [1.807, 2.05) is 12.1 Å². The Morgan fingerprint density at radius 3 is 2.43 bits per heavy atom. The van der Waals surface area contributed by atoms with E-state index in [4.69, 9.17) is 0 Å². The number of urea groups is 1. The Morgan fingerprint density at radius 2 is 1.77 bits per heavy atom. The van der Waals surface area contributed by atoms with Crippen molar-refractivity contribution in [1.29, 1.82) is 0 Å². The zero-order chi connectivity index (χ0) is 21.4. The van der Waals surface area contributed by atoms with Gasteiger partial charge < -0.3 is 20.3 Å². The number of carbonyl (C=O) groups is 1. The standard InChI is InChI=1S/C20H24F3N5O2/c21-20(22,23)14-30-18-10-15(6-7-24-18)11-26-19(29)27-13-16-4-5-17(25-12-16)28-8-2-1-3-9-28/h4-7,10,12H,1-3,8-9,11,13-14H2,(H2,26,27,29). The van der Waals surface area contributed by atoms with Crippen LogP contribution in [-0.4, -0.2) is 41.9 Å². The molecule has 0 aromatic carbocycles. The molecule has 0 atom stereocenters. The number of anilines is 1. The SMILES string of the molecule is O=C(NCc1ccc(N2CCCCC2)nc1)NCc1ccnc(OCC(F)(F)F)c1. The number of pyridine rings is 2. The number of hydrogen-bond acceptors (Lipinski definition) is 5. The molecule has 0 saturated carbocycles. The smallest absolute Gasteiger partial charge is 0.422 e. The van der Waals surface area contributed by atoms with Crippen molar-refractivity contribution in [3.8, 4) is 5.88 Å². The van der Waals surface area contributed by atoms with Crippen LogP contribution in [0.3, 0.4) is 0 Å². The van der Waals surface area contributed by atoms with Crippen LogP contribution >= 0.6 is 0 Å². The Kier molecular flexibility index (Phi) is 7.31. The van der Waals surface area contributed by atoms with Crippen molar-refractivity contribution in [2.45, 2.75) is 38.5 Å². The highest BCUT2D eigenvalue weighted by Crippen LogP contribution is 2.18. The molecule has 0 radical (unpaired) electrons. The highest BCUT2D eigenvalue weighted by molar-refractivity contribution is 5.73. The van der Waals surface area contributed by atoms with Crippen LogP contribution in [0, 0.1) is 0 Å². The Morgan fingerprint density at radius 1 is 1.03 bits per heavy atom. The number of halogens is 3. The van der Waals surface area contributed by atoms with Gasteiger partial charge in [0.25, 0.3) is 0 Å². The Bertz CT molecular complexity index is 824. The minimum absolute atomic E-state index is 0.128. The summed E-state index contributed by atoms with van der Waals surface area (Å²) in [6.45, 7) is 1.07. The average molecular weight is 423 g/mol. The first-order valence-corrected chi connectivity index (χ1v) is 9.75. The fourth-order valence-corrected chi connectivity index (χ4v) is 3.05. The van der Waals surface area contributed by atoms with Crippen LogP contribution in [0.2, 0.25) is 0 Å². The van der Waals surface area contributed by atoms with Crippen LogP contribution in [-0.2, 0) is 13.1 Å². The number of carbonyl (C=O) groups excluding carboxylic acids is 1. The normalized spacial score (nSPS) is 14.3. The number of rotatable bonds is 7. The van der Waals surface area contributed by atoms with Gasteiger partial charge in [0.15, 0.2) is 6.61 Å². The van der Waals surface area contributed by atoms with Crippen LogP contribution in [0.25, 0.3) is 0 Å². The van der Waals surface area contributed by atoms with E-state index < -0.39 is 18.8 Å². The number of nitrogens with zero attached hydrogens (tertiary/aromatic N) is 3. The molecule has 2 aromatic heterocycles. The van der Waals surface area contributed by atoms with Crippen molar-refractivity contribution >= 4 is 11.8 Å². The molecular weight excluding hydrogens is 399 g/mol. The lowest BCUT2D eigenvalue weighted by Crippen LogP contribution is -2.34. The molecule has 2 N–H and O–H groups in total. The van der Waals surface area contributed by atoms with Gasteiger partial charge in [0.2, 0.25) is 5.88 Å². The van der Waals surface area contributed by atoms with Crippen molar-refractivity contribution < 1.29 is 22.7 Å². The topological polar surface area (TPSA) is 79.4 Å². The molecule has 30 heavy (non-hydrogen) atoms. The fourth-order valence-electron chi connectivity index (χ4n) is 3.05. The van der Waals surface area contributed by atoms with Crippen LogP contribution in [0.4, 0.5) is 23.8 Å². The highest BCUT2D eigenvalue weighted by Gasteiger charge is 2.28. The number of nitrogens with one attached hydrogen (secondary N) is 2. The number of aromatic nitrogens is 2. The van der Waals surface area contributed by atoms with E-state index in [0.717, 1.165) is 24.5 Å². The van der Waals surface area contributed by atoms with Crippen LogP contribution in [0.15, 0.2) is 36.7 Å². The number of amides is 2. The third kappa shape index (κ3) is 7.09. The molecule has 1 fully saturated rings. The summed E-state index contributed by atoms with van der Waals surface area (Å²) in [7, 11) is 0. The summed E-state index contributed by atoms with van der Waals surface area (Å²) >= 11 is 0. The Labute approximate surface area is 172 Å². The predicted molar refractivity (Wildman–Crippen MR) is 105 cm³/mol. The fraction of sp³-hybridized carbons (Fsp3) is 0.450. The van der Waals surface area contributed by atoms with Gasteiger partial charge in [-0.15, -0.1) is 0 Å². The second-order valence-corrected chi connectivity index (χ2v) is 7.01. The number of alkyl halides is 3. The third-order valence-electron chi connectivity index (χ3n) is 4.58. The summed E-state index contributed by atoms with van der Waals surface area (Å²) in [6.07, 6.45) is 2.26. The van der Waals surface area contributed by atoms with Crippen molar-refractivity contribution in [1.82, 2.24) is 20.6 Å². The third-order valence-corrected chi connectivity index (χ3v) is 4.58. The van der Waals surface area contributed by atoms with Crippen LogP contribution in [0.1, 0.15) is 30.4 Å². The number of ether oxygens (including phenoxy) is 1. The molecule has 2 aromatic rings. The average Bonchev–Trinajstić information content (AvgIpc) is 2.76. The molecule has 1 aliphatic heterocycles. The molecule has 3 rings (SSSR count). The minimum Gasteiger partial charge on any atom is -0.468 e. The van der Waals surface area contributed by atoms with E-state index in [9.17, 15) is 18.0 Å². The molecule has 2 amide bonds. The van der Waals surface area contributed by atoms with Gasteiger partial charge in [-0.1, -0.05) is 6.07 Å². The van der Waals surface area contributed by atoms with E-state index in [-0.39, 0.29) is 12.4 Å². The molecule has 0 spiro atoms. The molecule has 7 nitrogen and oxygen atoms in total. The summed E-state index contributed by atoms with van der Waals surface area (Å²) in [6, 6.07) is 6.44. The summed E-state index contributed by atoms with van der Waals surface area (Å²) in [5.41, 5.74) is 1.45. The monoisotopic (exact) mass is 423 g/mol. The lowest BCUT2D eigenvalue weighted by atomic mass is 10.1. The Hall–Kier alpha value is -3.04. The van der Waals surface area contributed by atoms with E-state index in [1.54, 1.807) is 12.3 Å². The van der Waals surface area contributed by atoms with Gasteiger partial charge in [-0.05, 0) is 42.5 Å². The molecule has 0 bridgehead atoms. The first-order chi connectivity index (χ1) is 14.4. The van der Waals surface area contributed by atoms with E-state index >= 15 is 0 Å². The highest BCUT2D eigenvalue weighted by atomic mass is 19.4. The molecule has 10 heteroatoms.